The number of benzene rings is 2. The second-order valence-corrected chi connectivity index (χ2v) is 8.33. The Bertz CT molecular complexity index is 1150. The van der Waals surface area contributed by atoms with Crippen molar-refractivity contribution in [3.8, 4) is 21.8 Å². The molecule has 0 aliphatic heterocycles. The molecule has 2 N–H and O–H groups in total. The zero-order chi connectivity index (χ0) is 20.9. The molecular formula is C23H19N3O2S2. The van der Waals surface area contributed by atoms with Gasteiger partial charge in [-0.15, -0.1) is 22.7 Å². The van der Waals surface area contributed by atoms with Crippen molar-refractivity contribution in [2.24, 2.45) is 0 Å². The highest BCUT2D eigenvalue weighted by molar-refractivity contribution is 7.13. The molecule has 0 saturated carbocycles. The van der Waals surface area contributed by atoms with Crippen molar-refractivity contribution < 1.29 is 9.59 Å². The monoisotopic (exact) mass is 433 g/mol. The number of nitrogens with one attached hydrogen (secondary N) is 2. The molecule has 2 amide bonds. The Kier molecular flexibility index (Phi) is 6.02. The standard InChI is InChI=1S/C23H19N3O2S2/c1-2-21(27)24-17-9-5-15(6-10-17)19-14-30-23(26-19)16-7-11-18(12-8-16)25-22(28)20-4-3-13-29-20/h3-14H,2H2,1H3,(H,24,27)(H,25,28). The zero-order valence-corrected chi connectivity index (χ0v) is 17.8. The summed E-state index contributed by atoms with van der Waals surface area (Å²) < 4.78 is 0. The Hall–Kier alpha value is -3.29. The van der Waals surface area contributed by atoms with Crippen molar-refractivity contribution >= 4 is 45.9 Å². The van der Waals surface area contributed by atoms with Gasteiger partial charge in [-0.1, -0.05) is 25.1 Å². The molecule has 2 heterocycles. The Balaban J connectivity index is 1.44. The summed E-state index contributed by atoms with van der Waals surface area (Å²) in [5, 5.41) is 10.5. The molecule has 0 atom stereocenters. The quantitative estimate of drug-likeness (QED) is 0.384. The summed E-state index contributed by atoms with van der Waals surface area (Å²) >= 11 is 2.98. The fourth-order valence-corrected chi connectivity index (χ4v) is 4.26. The maximum atomic E-state index is 12.2. The molecule has 0 bridgehead atoms. The van der Waals surface area contributed by atoms with Crippen molar-refractivity contribution in [1.82, 2.24) is 4.98 Å². The predicted molar refractivity (Wildman–Crippen MR) is 124 cm³/mol. The molecule has 4 aromatic rings. The third-order valence-corrected chi connectivity index (χ3v) is 6.18. The molecule has 0 fully saturated rings. The Morgan fingerprint density at radius 3 is 2.17 bits per heavy atom. The minimum Gasteiger partial charge on any atom is -0.326 e. The van der Waals surface area contributed by atoms with Crippen LogP contribution in [0.25, 0.3) is 21.8 Å². The third-order valence-electron chi connectivity index (χ3n) is 4.42. The number of hydrogen-bond acceptors (Lipinski definition) is 5. The largest absolute Gasteiger partial charge is 0.326 e. The average molecular weight is 434 g/mol. The van der Waals surface area contributed by atoms with Gasteiger partial charge in [0.25, 0.3) is 5.91 Å². The van der Waals surface area contributed by atoms with Crippen molar-refractivity contribution in [2.45, 2.75) is 13.3 Å². The normalized spacial score (nSPS) is 10.6. The van der Waals surface area contributed by atoms with Crippen LogP contribution < -0.4 is 10.6 Å². The third kappa shape index (κ3) is 4.64. The molecule has 2 aromatic heterocycles. The highest BCUT2D eigenvalue weighted by Crippen LogP contribution is 2.30. The number of thiazole rings is 1. The summed E-state index contributed by atoms with van der Waals surface area (Å²) in [6.07, 6.45) is 0.452. The molecule has 7 heteroatoms. The fourth-order valence-electron chi connectivity index (χ4n) is 2.81. The molecular weight excluding hydrogens is 414 g/mol. The number of carbonyl (C=O) groups excluding carboxylic acids is 2. The van der Waals surface area contributed by atoms with Crippen LogP contribution >= 0.6 is 22.7 Å². The molecule has 0 aliphatic rings. The lowest BCUT2D eigenvalue weighted by Crippen LogP contribution is -2.09. The molecule has 2 aromatic carbocycles. The number of rotatable bonds is 6. The molecule has 4 rings (SSSR count). The predicted octanol–water partition coefficient (Wildman–Crippen LogP) is 6.14. The Morgan fingerprint density at radius 2 is 1.53 bits per heavy atom. The van der Waals surface area contributed by atoms with Crippen molar-refractivity contribution in [3.63, 3.8) is 0 Å². The van der Waals surface area contributed by atoms with Crippen molar-refractivity contribution in [3.05, 3.63) is 76.3 Å². The van der Waals surface area contributed by atoms with Crippen LogP contribution in [0.5, 0.6) is 0 Å². The van der Waals surface area contributed by atoms with Gasteiger partial charge in [-0.25, -0.2) is 4.98 Å². The smallest absolute Gasteiger partial charge is 0.265 e. The molecule has 0 unspecified atom stereocenters. The van der Waals surface area contributed by atoms with Gasteiger partial charge in [0.1, 0.15) is 5.01 Å². The Morgan fingerprint density at radius 1 is 0.867 bits per heavy atom. The van der Waals surface area contributed by atoms with Crippen LogP contribution in [0.2, 0.25) is 0 Å². The summed E-state index contributed by atoms with van der Waals surface area (Å²) in [6.45, 7) is 1.82. The van der Waals surface area contributed by atoms with Crippen LogP contribution in [0.15, 0.2) is 71.4 Å². The SMILES string of the molecule is CCC(=O)Nc1ccc(-c2csc(-c3ccc(NC(=O)c4cccs4)cc3)n2)cc1. The summed E-state index contributed by atoms with van der Waals surface area (Å²) in [5.41, 5.74) is 4.40. The van der Waals surface area contributed by atoms with Gasteiger partial charge in [0.05, 0.1) is 10.6 Å². The van der Waals surface area contributed by atoms with Gasteiger partial charge in [-0.05, 0) is 47.8 Å². The maximum Gasteiger partial charge on any atom is 0.265 e. The van der Waals surface area contributed by atoms with Gasteiger partial charge in [-0.3, -0.25) is 9.59 Å². The van der Waals surface area contributed by atoms with Crippen LogP contribution in [-0.2, 0) is 4.79 Å². The van der Waals surface area contributed by atoms with E-state index in [2.05, 4.69) is 10.6 Å². The molecule has 0 aliphatic carbocycles. The van der Waals surface area contributed by atoms with Gasteiger partial charge in [0.15, 0.2) is 0 Å². The number of thiophene rings is 1. The molecule has 0 saturated heterocycles. The van der Waals surface area contributed by atoms with E-state index in [0.717, 1.165) is 33.2 Å². The van der Waals surface area contributed by atoms with E-state index in [1.807, 2.05) is 72.3 Å². The molecule has 0 radical (unpaired) electrons. The fraction of sp³-hybridized carbons (Fsp3) is 0.0870. The number of anilines is 2. The van der Waals surface area contributed by atoms with Gasteiger partial charge < -0.3 is 10.6 Å². The average Bonchev–Trinajstić information content (AvgIpc) is 3.47. The maximum absolute atomic E-state index is 12.2. The lowest BCUT2D eigenvalue weighted by Gasteiger charge is -2.05. The van der Waals surface area contributed by atoms with E-state index in [1.54, 1.807) is 17.4 Å². The van der Waals surface area contributed by atoms with E-state index in [9.17, 15) is 9.59 Å². The highest BCUT2D eigenvalue weighted by Gasteiger charge is 2.09. The van der Waals surface area contributed by atoms with E-state index in [0.29, 0.717) is 11.3 Å². The van der Waals surface area contributed by atoms with Crippen LogP contribution in [0.4, 0.5) is 11.4 Å². The zero-order valence-electron chi connectivity index (χ0n) is 16.2. The van der Waals surface area contributed by atoms with Gasteiger partial charge in [0.2, 0.25) is 5.91 Å². The van der Waals surface area contributed by atoms with E-state index in [1.165, 1.54) is 11.3 Å². The topological polar surface area (TPSA) is 71.1 Å². The number of amides is 2. The molecule has 150 valence electrons. The van der Waals surface area contributed by atoms with E-state index in [4.69, 9.17) is 4.98 Å². The first-order valence-corrected chi connectivity index (χ1v) is 11.2. The molecule has 5 nitrogen and oxygen atoms in total. The summed E-state index contributed by atoms with van der Waals surface area (Å²) in [7, 11) is 0. The number of carbonyl (C=O) groups is 2. The number of aromatic nitrogens is 1. The molecule has 0 spiro atoms. The molecule has 30 heavy (non-hydrogen) atoms. The first-order chi connectivity index (χ1) is 14.6. The minimum absolute atomic E-state index is 0.00582. The van der Waals surface area contributed by atoms with Crippen LogP contribution in [-0.4, -0.2) is 16.8 Å². The summed E-state index contributed by atoms with van der Waals surface area (Å²) in [4.78, 5) is 29.1. The second-order valence-electron chi connectivity index (χ2n) is 6.53. The van der Waals surface area contributed by atoms with E-state index < -0.39 is 0 Å². The lowest BCUT2D eigenvalue weighted by molar-refractivity contribution is -0.115. The summed E-state index contributed by atoms with van der Waals surface area (Å²) in [6, 6.07) is 19.0. The first-order valence-electron chi connectivity index (χ1n) is 9.43. The highest BCUT2D eigenvalue weighted by atomic mass is 32.1. The van der Waals surface area contributed by atoms with Crippen molar-refractivity contribution in [2.75, 3.05) is 10.6 Å². The van der Waals surface area contributed by atoms with Gasteiger partial charge in [-0.2, -0.15) is 0 Å². The number of hydrogen-bond donors (Lipinski definition) is 2. The first kappa shape index (κ1) is 20.0. The van der Waals surface area contributed by atoms with Crippen LogP contribution in [0.3, 0.4) is 0 Å². The van der Waals surface area contributed by atoms with Gasteiger partial charge >= 0.3 is 0 Å². The minimum atomic E-state index is -0.104. The second kappa shape index (κ2) is 9.02. The van der Waals surface area contributed by atoms with Gasteiger partial charge in [0, 0.05) is 34.3 Å². The number of nitrogens with zero attached hydrogens (tertiary/aromatic N) is 1. The lowest BCUT2D eigenvalue weighted by atomic mass is 10.1. The van der Waals surface area contributed by atoms with E-state index in [-0.39, 0.29) is 11.8 Å². The van der Waals surface area contributed by atoms with Crippen molar-refractivity contribution in [1.29, 1.82) is 0 Å². The van der Waals surface area contributed by atoms with E-state index >= 15 is 0 Å². The summed E-state index contributed by atoms with van der Waals surface area (Å²) in [5.74, 6) is -0.110. The van der Waals surface area contributed by atoms with Crippen LogP contribution in [0.1, 0.15) is 23.0 Å². The Labute approximate surface area is 182 Å². The van der Waals surface area contributed by atoms with Crippen LogP contribution in [0, 0.1) is 0 Å².